The van der Waals surface area contributed by atoms with Gasteiger partial charge in [-0.05, 0) is 36.4 Å². The van der Waals surface area contributed by atoms with Crippen molar-refractivity contribution in [2.24, 2.45) is 5.14 Å². The van der Waals surface area contributed by atoms with E-state index in [-0.39, 0.29) is 17.5 Å². The van der Waals surface area contributed by atoms with Crippen LogP contribution in [0, 0.1) is 0 Å². The number of nitrogens with zero attached hydrogens (tertiary/aromatic N) is 2. The Bertz CT molecular complexity index is 1260. The summed E-state index contributed by atoms with van der Waals surface area (Å²) in [5, 5.41) is 5.16. The van der Waals surface area contributed by atoms with Crippen LogP contribution in [0.4, 0.5) is 0 Å². The maximum absolute atomic E-state index is 12.2. The summed E-state index contributed by atoms with van der Waals surface area (Å²) in [6.07, 6.45) is 3.28. The SMILES string of the molecule is NS(=O)(=O)c1ccc(-c2oc(OC(=O)Cn3cccc3)nc2-c2ccccc2)cc1. The molecule has 2 aromatic carbocycles. The van der Waals surface area contributed by atoms with Crippen LogP contribution < -0.4 is 9.88 Å². The zero-order chi connectivity index (χ0) is 21.1. The van der Waals surface area contributed by atoms with Crippen molar-refractivity contribution in [3.63, 3.8) is 0 Å². The Balaban J connectivity index is 1.69. The van der Waals surface area contributed by atoms with E-state index in [1.807, 2.05) is 30.3 Å². The lowest BCUT2D eigenvalue weighted by atomic mass is 10.1. The van der Waals surface area contributed by atoms with Gasteiger partial charge in [0.1, 0.15) is 12.2 Å². The summed E-state index contributed by atoms with van der Waals surface area (Å²) in [6, 6.07) is 18.7. The molecule has 0 bridgehead atoms. The van der Waals surface area contributed by atoms with Crippen LogP contribution in [0.1, 0.15) is 0 Å². The second-order valence-electron chi connectivity index (χ2n) is 6.42. The Morgan fingerprint density at radius 1 is 0.967 bits per heavy atom. The number of carbonyl (C=O) groups is 1. The average Bonchev–Trinajstić information content (AvgIpc) is 3.38. The van der Waals surface area contributed by atoms with E-state index in [1.165, 1.54) is 12.1 Å². The van der Waals surface area contributed by atoms with Gasteiger partial charge in [0.15, 0.2) is 5.76 Å². The smallest absolute Gasteiger partial charge is 0.402 e. The summed E-state index contributed by atoms with van der Waals surface area (Å²) in [5.41, 5.74) is 1.77. The molecule has 0 saturated carbocycles. The zero-order valence-corrected chi connectivity index (χ0v) is 16.5. The quantitative estimate of drug-likeness (QED) is 0.476. The third-order valence-electron chi connectivity index (χ3n) is 4.28. The fraction of sp³-hybridized carbons (Fsp3) is 0.0476. The fourth-order valence-corrected chi connectivity index (χ4v) is 3.40. The fourth-order valence-electron chi connectivity index (χ4n) is 2.88. The number of rotatable bonds is 6. The number of oxazole rings is 1. The Kier molecular flexibility index (Phi) is 5.21. The number of hydrogen-bond acceptors (Lipinski definition) is 6. The molecule has 0 saturated heterocycles. The number of esters is 1. The van der Waals surface area contributed by atoms with Crippen molar-refractivity contribution in [1.29, 1.82) is 0 Å². The molecule has 0 aliphatic heterocycles. The summed E-state index contributed by atoms with van der Waals surface area (Å²) in [4.78, 5) is 16.5. The normalized spacial score (nSPS) is 11.4. The maximum atomic E-state index is 12.2. The van der Waals surface area contributed by atoms with Crippen LogP contribution in [0.15, 0.2) is 88.4 Å². The molecule has 0 amide bonds. The standard InChI is InChI=1S/C21H17N3O5S/c22-30(26,27)17-10-8-16(9-11-17)20-19(15-6-2-1-3-7-15)23-21(29-20)28-18(25)14-24-12-4-5-13-24/h1-13H,14H2,(H2,22,26,27). The second-order valence-corrected chi connectivity index (χ2v) is 7.98. The molecule has 0 aliphatic rings. The monoisotopic (exact) mass is 423 g/mol. The minimum atomic E-state index is -3.82. The minimum absolute atomic E-state index is 0.00837. The lowest BCUT2D eigenvalue weighted by molar-refractivity contribution is -0.136. The predicted molar refractivity (Wildman–Crippen MR) is 109 cm³/mol. The third-order valence-corrected chi connectivity index (χ3v) is 5.21. The van der Waals surface area contributed by atoms with E-state index in [0.29, 0.717) is 17.0 Å². The van der Waals surface area contributed by atoms with Crippen LogP contribution in [0.5, 0.6) is 6.08 Å². The highest BCUT2D eigenvalue weighted by Crippen LogP contribution is 2.35. The highest BCUT2D eigenvalue weighted by atomic mass is 32.2. The van der Waals surface area contributed by atoms with E-state index in [1.54, 1.807) is 41.2 Å². The molecule has 0 aliphatic carbocycles. The van der Waals surface area contributed by atoms with Gasteiger partial charge in [-0.2, -0.15) is 4.98 Å². The lowest BCUT2D eigenvalue weighted by Crippen LogP contribution is -2.15. The summed E-state index contributed by atoms with van der Waals surface area (Å²) < 4.78 is 35.7. The van der Waals surface area contributed by atoms with Crippen LogP contribution in [-0.2, 0) is 21.4 Å². The number of primary sulfonamides is 1. The molecule has 0 spiro atoms. The predicted octanol–water partition coefficient (Wildman–Crippen LogP) is 3.06. The Morgan fingerprint density at radius 3 is 2.27 bits per heavy atom. The van der Waals surface area contributed by atoms with Gasteiger partial charge < -0.3 is 13.7 Å². The summed E-state index contributed by atoms with van der Waals surface area (Å²) in [5.74, 6) is -0.200. The highest BCUT2D eigenvalue weighted by Gasteiger charge is 2.20. The minimum Gasteiger partial charge on any atom is -0.408 e. The highest BCUT2D eigenvalue weighted by molar-refractivity contribution is 7.89. The van der Waals surface area contributed by atoms with E-state index in [9.17, 15) is 13.2 Å². The van der Waals surface area contributed by atoms with Gasteiger partial charge in [-0.25, -0.2) is 18.4 Å². The van der Waals surface area contributed by atoms with Gasteiger partial charge in [0.2, 0.25) is 10.0 Å². The van der Waals surface area contributed by atoms with E-state index >= 15 is 0 Å². The topological polar surface area (TPSA) is 117 Å². The Morgan fingerprint density at radius 2 is 1.63 bits per heavy atom. The zero-order valence-electron chi connectivity index (χ0n) is 15.6. The van der Waals surface area contributed by atoms with Crippen molar-refractivity contribution in [3.8, 4) is 28.7 Å². The van der Waals surface area contributed by atoms with Gasteiger partial charge in [-0.15, -0.1) is 0 Å². The molecule has 152 valence electrons. The van der Waals surface area contributed by atoms with Crippen molar-refractivity contribution >= 4 is 16.0 Å². The van der Waals surface area contributed by atoms with Crippen LogP contribution in [-0.4, -0.2) is 23.9 Å². The first-order valence-electron chi connectivity index (χ1n) is 8.91. The average molecular weight is 423 g/mol. The van der Waals surface area contributed by atoms with Gasteiger partial charge in [-0.3, -0.25) is 0 Å². The number of aromatic nitrogens is 2. The van der Waals surface area contributed by atoms with Crippen molar-refractivity contribution in [3.05, 3.63) is 79.1 Å². The van der Waals surface area contributed by atoms with Crippen molar-refractivity contribution < 1.29 is 22.4 Å². The third kappa shape index (κ3) is 4.32. The lowest BCUT2D eigenvalue weighted by Gasteiger charge is -2.03. The van der Waals surface area contributed by atoms with Crippen molar-refractivity contribution in [1.82, 2.24) is 9.55 Å². The molecule has 4 rings (SSSR count). The Hall–Kier alpha value is -3.69. The molecule has 0 atom stereocenters. The number of hydrogen-bond donors (Lipinski definition) is 1. The maximum Gasteiger partial charge on any atom is 0.402 e. The molecule has 9 heteroatoms. The summed E-state index contributed by atoms with van der Waals surface area (Å²) in [7, 11) is -3.82. The van der Waals surface area contributed by atoms with Crippen LogP contribution in [0.25, 0.3) is 22.6 Å². The van der Waals surface area contributed by atoms with E-state index in [0.717, 1.165) is 5.56 Å². The van der Waals surface area contributed by atoms with Gasteiger partial charge in [0.05, 0.1) is 4.90 Å². The molecule has 2 N–H and O–H groups in total. The number of nitrogens with two attached hydrogens (primary N) is 1. The first-order chi connectivity index (χ1) is 14.4. The van der Waals surface area contributed by atoms with Crippen LogP contribution in [0.2, 0.25) is 0 Å². The number of sulfonamides is 1. The molecule has 2 heterocycles. The molecular weight excluding hydrogens is 406 g/mol. The van der Waals surface area contributed by atoms with Gasteiger partial charge in [0, 0.05) is 23.5 Å². The van der Waals surface area contributed by atoms with Crippen LogP contribution in [0.3, 0.4) is 0 Å². The van der Waals surface area contributed by atoms with Gasteiger partial charge in [0.25, 0.3) is 0 Å². The molecule has 2 aromatic heterocycles. The summed E-state index contributed by atoms with van der Waals surface area (Å²) >= 11 is 0. The van der Waals surface area contributed by atoms with E-state index in [2.05, 4.69) is 4.98 Å². The van der Waals surface area contributed by atoms with E-state index < -0.39 is 16.0 Å². The molecule has 0 radical (unpaired) electrons. The second kappa shape index (κ2) is 7.97. The van der Waals surface area contributed by atoms with Crippen molar-refractivity contribution in [2.75, 3.05) is 0 Å². The molecule has 4 aromatic rings. The van der Waals surface area contributed by atoms with Crippen molar-refractivity contribution in [2.45, 2.75) is 11.4 Å². The number of ether oxygens (including phenoxy) is 1. The summed E-state index contributed by atoms with van der Waals surface area (Å²) in [6.45, 7) is 0.00837. The Labute approximate surface area is 172 Å². The van der Waals surface area contributed by atoms with Gasteiger partial charge >= 0.3 is 12.0 Å². The van der Waals surface area contributed by atoms with Crippen LogP contribution >= 0.6 is 0 Å². The molecule has 0 unspecified atom stereocenters. The first-order valence-corrected chi connectivity index (χ1v) is 10.5. The molecule has 0 fully saturated rings. The molecule has 30 heavy (non-hydrogen) atoms. The van der Waals surface area contributed by atoms with E-state index in [4.69, 9.17) is 14.3 Å². The number of benzene rings is 2. The number of carbonyl (C=O) groups excluding carboxylic acids is 1. The largest absolute Gasteiger partial charge is 0.408 e. The first kappa shape index (κ1) is 19.6. The molecular formula is C21H17N3O5S. The molecule has 8 nitrogen and oxygen atoms in total. The van der Waals surface area contributed by atoms with Gasteiger partial charge in [-0.1, -0.05) is 30.3 Å².